The largest absolute Gasteiger partial charge is 0.492 e. The minimum Gasteiger partial charge on any atom is -0.492 e. The van der Waals surface area contributed by atoms with Crippen LogP contribution in [0.25, 0.3) is 0 Å². The van der Waals surface area contributed by atoms with Crippen molar-refractivity contribution in [2.75, 3.05) is 32.1 Å². The molecule has 0 unspecified atom stereocenters. The van der Waals surface area contributed by atoms with E-state index in [1.165, 1.54) is 0 Å². The molecule has 0 radical (unpaired) electrons. The number of carbonyl (C=O) groups is 1. The molecule has 1 amide bonds. The van der Waals surface area contributed by atoms with Gasteiger partial charge in [-0.1, -0.05) is 22.8 Å². The summed E-state index contributed by atoms with van der Waals surface area (Å²) in [6, 6.07) is 8.87. The van der Waals surface area contributed by atoms with Gasteiger partial charge in [-0.15, -0.1) is 0 Å². The third-order valence-corrected chi connectivity index (χ3v) is 3.08. The summed E-state index contributed by atoms with van der Waals surface area (Å²) in [6.07, 6.45) is 0. The highest BCUT2D eigenvalue weighted by molar-refractivity contribution is 6.30. The van der Waals surface area contributed by atoms with E-state index in [-0.39, 0.29) is 12.5 Å². The summed E-state index contributed by atoms with van der Waals surface area (Å²) in [6.45, 7) is 3.10. The maximum absolute atomic E-state index is 11.8. The summed E-state index contributed by atoms with van der Waals surface area (Å²) >= 11 is 5.88. The van der Waals surface area contributed by atoms with Crippen LogP contribution < -0.4 is 10.1 Å². The lowest BCUT2D eigenvalue weighted by Crippen LogP contribution is -2.33. The Morgan fingerprint density at radius 2 is 2.27 bits per heavy atom. The number of carbonyl (C=O) groups excluding carboxylic acids is 1. The Kier molecular flexibility index (Phi) is 5.80. The fourth-order valence-electron chi connectivity index (χ4n) is 1.80. The van der Waals surface area contributed by atoms with Crippen LogP contribution in [0.3, 0.4) is 0 Å². The molecule has 0 atom stereocenters. The topological polar surface area (TPSA) is 67.6 Å². The molecule has 0 fully saturated rings. The molecule has 7 heteroatoms. The normalized spacial score (nSPS) is 10.7. The minimum absolute atomic E-state index is 0.165. The van der Waals surface area contributed by atoms with E-state index in [0.29, 0.717) is 29.8 Å². The van der Waals surface area contributed by atoms with Crippen LogP contribution in [0.4, 0.5) is 5.88 Å². The number of anilines is 1. The molecule has 0 bridgehead atoms. The molecule has 1 N–H and O–H groups in total. The van der Waals surface area contributed by atoms with Gasteiger partial charge in [-0.2, -0.15) is 0 Å². The summed E-state index contributed by atoms with van der Waals surface area (Å²) in [5.74, 6) is 0.898. The fourth-order valence-corrected chi connectivity index (χ4v) is 1.98. The predicted octanol–water partition coefficient (Wildman–Crippen LogP) is 2.59. The van der Waals surface area contributed by atoms with Crippen LogP contribution in [0.5, 0.6) is 5.75 Å². The van der Waals surface area contributed by atoms with Crippen molar-refractivity contribution in [1.29, 1.82) is 0 Å². The number of hydrogen-bond donors (Lipinski definition) is 1. The van der Waals surface area contributed by atoms with E-state index in [9.17, 15) is 4.79 Å². The van der Waals surface area contributed by atoms with Gasteiger partial charge in [0.15, 0.2) is 0 Å². The van der Waals surface area contributed by atoms with Gasteiger partial charge in [0.05, 0.1) is 12.2 Å². The van der Waals surface area contributed by atoms with Crippen molar-refractivity contribution in [2.45, 2.75) is 6.92 Å². The molecule has 0 aliphatic heterocycles. The number of amides is 1. The fraction of sp³-hybridized carbons (Fsp3) is 0.333. The maximum atomic E-state index is 11.8. The van der Waals surface area contributed by atoms with Crippen molar-refractivity contribution in [1.82, 2.24) is 10.1 Å². The Balaban J connectivity index is 1.69. The average Bonchev–Trinajstić information content (AvgIpc) is 2.83. The molecule has 0 spiro atoms. The minimum atomic E-state index is -0.165. The van der Waals surface area contributed by atoms with Gasteiger partial charge in [0.2, 0.25) is 11.8 Å². The molecule has 2 rings (SSSR count). The van der Waals surface area contributed by atoms with Crippen molar-refractivity contribution in [2.24, 2.45) is 0 Å². The number of rotatable bonds is 7. The van der Waals surface area contributed by atoms with Crippen molar-refractivity contribution < 1.29 is 14.1 Å². The van der Waals surface area contributed by atoms with E-state index in [1.807, 2.05) is 24.1 Å². The smallest absolute Gasteiger partial charge is 0.240 e. The summed E-state index contributed by atoms with van der Waals surface area (Å²) in [4.78, 5) is 13.7. The quantitative estimate of drug-likeness (QED) is 0.848. The number of halogens is 1. The zero-order chi connectivity index (χ0) is 15.9. The number of nitrogens with one attached hydrogen (secondary N) is 1. The Morgan fingerprint density at radius 1 is 1.45 bits per heavy atom. The molecular weight excluding hydrogens is 306 g/mol. The highest BCUT2D eigenvalue weighted by atomic mass is 35.5. The summed E-state index contributed by atoms with van der Waals surface area (Å²) in [7, 11) is 1.84. The van der Waals surface area contributed by atoms with Crippen LogP contribution in [0.15, 0.2) is 34.9 Å². The second-order valence-electron chi connectivity index (χ2n) is 4.92. The molecule has 0 aliphatic carbocycles. The lowest BCUT2D eigenvalue weighted by Gasteiger charge is -2.16. The van der Waals surface area contributed by atoms with E-state index < -0.39 is 0 Å². The van der Waals surface area contributed by atoms with Gasteiger partial charge >= 0.3 is 0 Å². The Labute approximate surface area is 134 Å². The number of hydrogen-bond acceptors (Lipinski definition) is 5. The third-order valence-electron chi connectivity index (χ3n) is 2.84. The van der Waals surface area contributed by atoms with Gasteiger partial charge in [0.1, 0.15) is 12.4 Å². The monoisotopic (exact) mass is 323 g/mol. The molecular formula is C15H18ClN3O3. The lowest BCUT2D eigenvalue weighted by atomic mass is 10.3. The van der Waals surface area contributed by atoms with Gasteiger partial charge in [-0.05, 0) is 32.2 Å². The summed E-state index contributed by atoms with van der Waals surface area (Å²) in [5, 5.41) is 6.98. The first kappa shape index (κ1) is 16.3. The number of likely N-dealkylation sites (N-methyl/N-ethyl adjacent to an activating group) is 1. The zero-order valence-corrected chi connectivity index (χ0v) is 13.3. The number of aryl methyl sites for hydroxylation is 1. The van der Waals surface area contributed by atoms with E-state index in [4.69, 9.17) is 20.9 Å². The highest BCUT2D eigenvalue weighted by Gasteiger charge is 2.09. The molecule has 6 nitrogen and oxygen atoms in total. The second kappa shape index (κ2) is 7.82. The van der Waals surface area contributed by atoms with Crippen molar-refractivity contribution in [3.8, 4) is 5.75 Å². The van der Waals surface area contributed by atoms with E-state index in [1.54, 1.807) is 25.1 Å². The van der Waals surface area contributed by atoms with E-state index in [2.05, 4.69) is 10.5 Å². The van der Waals surface area contributed by atoms with Gasteiger partial charge < -0.3 is 9.26 Å². The predicted molar refractivity (Wildman–Crippen MR) is 84.3 cm³/mol. The second-order valence-corrected chi connectivity index (χ2v) is 5.36. The third kappa shape index (κ3) is 5.38. The molecule has 22 heavy (non-hydrogen) atoms. The average molecular weight is 324 g/mol. The standard InChI is InChI=1S/C15H18ClN3O3/c1-11-8-15(22-18-11)17-14(20)10-19(2)6-7-21-13-5-3-4-12(16)9-13/h3-5,8-9H,6-7,10H2,1-2H3,(H,17,20). The number of benzene rings is 1. The molecule has 0 saturated heterocycles. The Morgan fingerprint density at radius 3 is 2.95 bits per heavy atom. The van der Waals surface area contributed by atoms with Crippen LogP contribution in [0, 0.1) is 6.92 Å². The number of nitrogens with zero attached hydrogens (tertiary/aromatic N) is 2. The molecule has 118 valence electrons. The Bertz CT molecular complexity index is 630. The zero-order valence-electron chi connectivity index (χ0n) is 12.5. The highest BCUT2D eigenvalue weighted by Crippen LogP contribution is 2.16. The van der Waals surface area contributed by atoms with Crippen molar-refractivity contribution in [3.05, 3.63) is 41.0 Å². The summed E-state index contributed by atoms with van der Waals surface area (Å²) in [5.41, 5.74) is 0.721. The molecule has 0 aliphatic rings. The molecule has 1 aromatic heterocycles. The first-order valence-corrected chi connectivity index (χ1v) is 7.21. The van der Waals surface area contributed by atoms with Crippen LogP contribution in [-0.4, -0.2) is 42.7 Å². The molecule has 1 heterocycles. The van der Waals surface area contributed by atoms with E-state index in [0.717, 1.165) is 5.69 Å². The Hall–Kier alpha value is -2.05. The number of aromatic nitrogens is 1. The van der Waals surface area contributed by atoms with Gasteiger partial charge in [0.25, 0.3) is 0 Å². The van der Waals surface area contributed by atoms with Gasteiger partial charge in [-0.25, -0.2) is 0 Å². The summed E-state index contributed by atoms with van der Waals surface area (Å²) < 4.78 is 10.5. The molecule has 1 aromatic carbocycles. The maximum Gasteiger partial charge on any atom is 0.240 e. The lowest BCUT2D eigenvalue weighted by molar-refractivity contribution is -0.117. The first-order valence-electron chi connectivity index (χ1n) is 6.83. The molecule has 0 saturated carbocycles. The van der Waals surface area contributed by atoms with Crippen LogP contribution in [0.2, 0.25) is 5.02 Å². The van der Waals surface area contributed by atoms with Crippen LogP contribution in [-0.2, 0) is 4.79 Å². The molecule has 2 aromatic rings. The van der Waals surface area contributed by atoms with Gasteiger partial charge in [-0.3, -0.25) is 15.0 Å². The first-order chi connectivity index (χ1) is 10.5. The number of ether oxygens (including phenoxy) is 1. The van der Waals surface area contributed by atoms with Crippen LogP contribution >= 0.6 is 11.6 Å². The van der Waals surface area contributed by atoms with Crippen LogP contribution in [0.1, 0.15) is 5.69 Å². The van der Waals surface area contributed by atoms with E-state index >= 15 is 0 Å². The van der Waals surface area contributed by atoms with Crippen molar-refractivity contribution in [3.63, 3.8) is 0 Å². The SMILES string of the molecule is Cc1cc(NC(=O)CN(C)CCOc2cccc(Cl)c2)on1. The van der Waals surface area contributed by atoms with Crippen molar-refractivity contribution >= 4 is 23.4 Å². The van der Waals surface area contributed by atoms with Gasteiger partial charge in [0, 0.05) is 17.6 Å².